The highest BCUT2D eigenvalue weighted by Gasteiger charge is 2.30. The monoisotopic (exact) mass is 334 g/mol. The Morgan fingerprint density at radius 3 is 3.06 bits per heavy atom. The lowest BCUT2D eigenvalue weighted by molar-refractivity contribution is 0.0445. The summed E-state index contributed by atoms with van der Waals surface area (Å²) in [5.74, 6) is 2.10. The van der Waals surface area contributed by atoms with E-state index in [4.69, 9.17) is 4.74 Å². The van der Waals surface area contributed by atoms with Gasteiger partial charge in [-0.1, -0.05) is 12.1 Å². The van der Waals surface area contributed by atoms with Crippen molar-refractivity contribution < 1.29 is 4.74 Å². The summed E-state index contributed by atoms with van der Waals surface area (Å²) < 4.78 is 8.52. The molecule has 1 fully saturated rings. The van der Waals surface area contributed by atoms with Gasteiger partial charge in [-0.15, -0.1) is 5.10 Å². The molecule has 5 nitrogen and oxygen atoms in total. The molecule has 0 saturated carbocycles. The smallest absolute Gasteiger partial charge is 0.153 e. The molecule has 1 aliphatic heterocycles. The third-order valence-corrected chi connectivity index (χ3v) is 4.53. The molecule has 1 aliphatic rings. The van der Waals surface area contributed by atoms with E-state index in [1.807, 2.05) is 23.5 Å². The number of nitrogens with zero attached hydrogens (tertiary/aromatic N) is 3. The van der Waals surface area contributed by atoms with Crippen LogP contribution in [-0.4, -0.2) is 45.8 Å². The van der Waals surface area contributed by atoms with Gasteiger partial charge in [-0.3, -0.25) is 0 Å². The minimum Gasteiger partial charge on any atom is -0.374 e. The van der Waals surface area contributed by atoms with Gasteiger partial charge in [0.05, 0.1) is 24.4 Å². The van der Waals surface area contributed by atoms with Crippen LogP contribution in [0.4, 0.5) is 0 Å². The van der Waals surface area contributed by atoms with Crippen molar-refractivity contribution >= 4 is 27.7 Å². The average Bonchev–Trinajstić information content (AvgIpc) is 2.72. The average molecular weight is 335 g/mol. The molecule has 1 saturated heterocycles. The van der Waals surface area contributed by atoms with Gasteiger partial charge in [0.1, 0.15) is 0 Å². The highest BCUT2D eigenvalue weighted by molar-refractivity contribution is 9.10. The molecular weight excluding hydrogens is 316 g/mol. The van der Waals surface area contributed by atoms with E-state index in [-0.39, 0.29) is 12.1 Å². The summed E-state index contributed by atoms with van der Waals surface area (Å²) in [7, 11) is 1.92. The van der Waals surface area contributed by atoms with E-state index in [9.17, 15) is 0 Å². The second-order valence-corrected chi connectivity index (χ2v) is 6.21. The molecule has 2 rings (SSSR count). The zero-order valence-corrected chi connectivity index (χ0v) is 13.1. The number of nitrogens with one attached hydrogen (secondary N) is 1. The molecule has 1 aromatic heterocycles. The lowest BCUT2D eigenvalue weighted by atomic mass is 10.1. The summed E-state index contributed by atoms with van der Waals surface area (Å²) in [5.41, 5.74) is 1.07. The van der Waals surface area contributed by atoms with Crippen molar-refractivity contribution in [3.63, 3.8) is 0 Å². The zero-order valence-electron chi connectivity index (χ0n) is 10.7. The summed E-state index contributed by atoms with van der Waals surface area (Å²) in [5, 5.41) is 11.7. The lowest BCUT2D eigenvalue weighted by Crippen LogP contribution is -2.39. The summed E-state index contributed by atoms with van der Waals surface area (Å²) in [6, 6.07) is 0.145. The van der Waals surface area contributed by atoms with Gasteiger partial charge in [-0.05, 0) is 28.9 Å². The van der Waals surface area contributed by atoms with Crippen molar-refractivity contribution in [3.05, 3.63) is 10.3 Å². The highest BCUT2D eigenvalue weighted by atomic mass is 79.9. The Balaban J connectivity index is 2.18. The molecule has 0 aliphatic carbocycles. The van der Waals surface area contributed by atoms with Gasteiger partial charge >= 0.3 is 0 Å². The van der Waals surface area contributed by atoms with Crippen molar-refractivity contribution in [1.29, 1.82) is 0 Å². The standard InChI is InChI=1S/C11H19BrN4OS/c1-3-4-13-9(8-7-18-6-5-17-8)10-11(12)14-15-16(10)2/h8-9,13H,3-7H2,1-2H3. The maximum absolute atomic E-state index is 5.90. The van der Waals surface area contributed by atoms with Crippen molar-refractivity contribution in [2.45, 2.75) is 25.5 Å². The normalized spacial score (nSPS) is 22.1. The maximum atomic E-state index is 5.90. The van der Waals surface area contributed by atoms with Gasteiger partial charge in [0.2, 0.25) is 0 Å². The van der Waals surface area contributed by atoms with Crippen LogP contribution >= 0.6 is 27.7 Å². The number of thioether (sulfide) groups is 1. The predicted octanol–water partition coefficient (Wildman–Crippen LogP) is 1.75. The number of halogens is 1. The van der Waals surface area contributed by atoms with Crippen LogP contribution in [-0.2, 0) is 11.8 Å². The fourth-order valence-electron chi connectivity index (χ4n) is 2.07. The lowest BCUT2D eigenvalue weighted by Gasteiger charge is -2.30. The largest absolute Gasteiger partial charge is 0.374 e. The van der Waals surface area contributed by atoms with Crippen LogP contribution in [0.1, 0.15) is 25.1 Å². The molecule has 2 atom stereocenters. The molecule has 7 heteroatoms. The van der Waals surface area contributed by atoms with E-state index >= 15 is 0 Å². The van der Waals surface area contributed by atoms with Crippen LogP contribution in [0.5, 0.6) is 0 Å². The Labute approximate surface area is 120 Å². The van der Waals surface area contributed by atoms with Crippen molar-refractivity contribution in [3.8, 4) is 0 Å². The highest BCUT2D eigenvalue weighted by Crippen LogP contribution is 2.28. The number of hydrogen-bond donors (Lipinski definition) is 1. The van der Waals surface area contributed by atoms with E-state index in [1.165, 1.54) is 0 Å². The van der Waals surface area contributed by atoms with E-state index in [1.54, 1.807) is 0 Å². The Hall–Kier alpha value is -0.110. The molecule has 102 valence electrons. The summed E-state index contributed by atoms with van der Waals surface area (Å²) in [4.78, 5) is 0. The molecule has 1 aromatic rings. The van der Waals surface area contributed by atoms with Gasteiger partial charge in [0, 0.05) is 18.6 Å². The molecule has 0 radical (unpaired) electrons. The fourth-order valence-corrected chi connectivity index (χ4v) is 3.55. The minimum atomic E-state index is 0.145. The number of ether oxygens (including phenoxy) is 1. The van der Waals surface area contributed by atoms with Crippen LogP contribution in [0.2, 0.25) is 0 Å². The summed E-state index contributed by atoms with van der Waals surface area (Å²) in [6.45, 7) is 3.95. The zero-order chi connectivity index (χ0) is 13.0. The quantitative estimate of drug-likeness (QED) is 0.889. The molecule has 2 unspecified atom stereocenters. The SMILES string of the molecule is CCCNC(c1c(Br)nnn1C)C1CSCCO1. The third kappa shape index (κ3) is 3.26. The van der Waals surface area contributed by atoms with Crippen LogP contribution in [0, 0.1) is 0 Å². The van der Waals surface area contributed by atoms with Gasteiger partial charge < -0.3 is 10.1 Å². The Kier molecular flexibility index (Phi) is 5.47. The first-order chi connectivity index (χ1) is 8.74. The summed E-state index contributed by atoms with van der Waals surface area (Å²) in [6.07, 6.45) is 1.28. The van der Waals surface area contributed by atoms with Crippen LogP contribution in [0.25, 0.3) is 0 Å². The first-order valence-corrected chi connectivity index (χ1v) is 8.16. The molecule has 0 aromatic carbocycles. The van der Waals surface area contributed by atoms with E-state index in [0.29, 0.717) is 0 Å². The number of rotatable bonds is 5. The van der Waals surface area contributed by atoms with Gasteiger partial charge in [0.15, 0.2) is 4.60 Å². The fraction of sp³-hybridized carbons (Fsp3) is 0.818. The minimum absolute atomic E-state index is 0.145. The molecule has 0 bridgehead atoms. The van der Waals surface area contributed by atoms with Gasteiger partial charge in [-0.2, -0.15) is 11.8 Å². The number of aryl methyl sites for hydroxylation is 1. The van der Waals surface area contributed by atoms with E-state index in [2.05, 4.69) is 38.5 Å². The Morgan fingerprint density at radius 1 is 1.67 bits per heavy atom. The number of aromatic nitrogens is 3. The Bertz CT molecular complexity index is 362. The molecule has 1 N–H and O–H groups in total. The van der Waals surface area contributed by atoms with Crippen LogP contribution in [0.3, 0.4) is 0 Å². The van der Waals surface area contributed by atoms with Crippen LogP contribution < -0.4 is 5.32 Å². The molecule has 18 heavy (non-hydrogen) atoms. The second kappa shape index (κ2) is 6.88. The van der Waals surface area contributed by atoms with Crippen molar-refractivity contribution in [2.24, 2.45) is 7.05 Å². The van der Waals surface area contributed by atoms with E-state index < -0.39 is 0 Å². The Morgan fingerprint density at radius 2 is 2.50 bits per heavy atom. The second-order valence-electron chi connectivity index (χ2n) is 4.31. The number of hydrogen-bond acceptors (Lipinski definition) is 5. The van der Waals surface area contributed by atoms with E-state index in [0.717, 1.165) is 41.4 Å². The topological polar surface area (TPSA) is 52.0 Å². The van der Waals surface area contributed by atoms with Crippen molar-refractivity contribution in [1.82, 2.24) is 20.3 Å². The molecule has 0 amide bonds. The molecular formula is C11H19BrN4OS. The first kappa shape index (κ1) is 14.3. The maximum Gasteiger partial charge on any atom is 0.153 e. The predicted molar refractivity (Wildman–Crippen MR) is 76.8 cm³/mol. The van der Waals surface area contributed by atoms with Gasteiger partial charge in [-0.25, -0.2) is 4.68 Å². The molecule has 2 heterocycles. The van der Waals surface area contributed by atoms with Gasteiger partial charge in [0.25, 0.3) is 0 Å². The third-order valence-electron chi connectivity index (χ3n) is 2.95. The summed E-state index contributed by atoms with van der Waals surface area (Å²) >= 11 is 5.42. The van der Waals surface area contributed by atoms with Crippen molar-refractivity contribution in [2.75, 3.05) is 24.7 Å². The first-order valence-electron chi connectivity index (χ1n) is 6.21. The molecule has 0 spiro atoms. The van der Waals surface area contributed by atoms with Crippen LogP contribution in [0.15, 0.2) is 4.60 Å².